The maximum absolute atomic E-state index is 11.4. The molecule has 0 saturated heterocycles. The van der Waals surface area contributed by atoms with Crippen molar-refractivity contribution in [3.05, 3.63) is 52.4 Å². The zero-order chi connectivity index (χ0) is 16.1. The van der Waals surface area contributed by atoms with Crippen LogP contribution in [0.5, 0.6) is 0 Å². The zero-order valence-electron chi connectivity index (χ0n) is 12.5. The van der Waals surface area contributed by atoms with Crippen molar-refractivity contribution < 1.29 is 13.9 Å². The predicted octanol–water partition coefficient (Wildman–Crippen LogP) is 3.25. The van der Waals surface area contributed by atoms with Crippen molar-refractivity contribution in [2.45, 2.75) is 23.9 Å². The van der Waals surface area contributed by atoms with E-state index in [1.807, 2.05) is 4.57 Å². The number of hydrogen-bond acceptors (Lipinski definition) is 7. The Balaban J connectivity index is 1.57. The summed E-state index contributed by atoms with van der Waals surface area (Å²) in [5.74, 6) is 1.01. The normalized spacial score (nSPS) is 10.8. The van der Waals surface area contributed by atoms with Crippen LogP contribution in [0.15, 0.2) is 45.5 Å². The van der Waals surface area contributed by atoms with Crippen LogP contribution < -0.4 is 0 Å². The highest BCUT2D eigenvalue weighted by Crippen LogP contribution is 2.23. The van der Waals surface area contributed by atoms with E-state index < -0.39 is 5.97 Å². The molecule has 3 aromatic heterocycles. The van der Waals surface area contributed by atoms with Crippen molar-refractivity contribution in [1.82, 2.24) is 14.8 Å². The fourth-order valence-corrected chi connectivity index (χ4v) is 3.53. The van der Waals surface area contributed by atoms with Gasteiger partial charge in [0.1, 0.15) is 12.1 Å². The van der Waals surface area contributed by atoms with Crippen LogP contribution in [0.4, 0.5) is 0 Å². The lowest BCUT2D eigenvalue weighted by atomic mass is 10.3. The van der Waals surface area contributed by atoms with Crippen LogP contribution in [0.25, 0.3) is 0 Å². The van der Waals surface area contributed by atoms with E-state index in [4.69, 9.17) is 4.42 Å². The highest BCUT2D eigenvalue weighted by atomic mass is 32.2. The Morgan fingerprint density at radius 1 is 1.43 bits per heavy atom. The first-order chi connectivity index (χ1) is 11.3. The maximum Gasteiger partial charge on any atom is 0.373 e. The third-order valence-electron chi connectivity index (χ3n) is 3.15. The minimum Gasteiger partial charge on any atom is -0.463 e. The minimum atomic E-state index is -0.472. The number of methoxy groups -OCH3 is 1. The Hall–Kier alpha value is -2.06. The summed E-state index contributed by atoms with van der Waals surface area (Å²) in [6.45, 7) is 0.835. The molecule has 0 saturated carbocycles. The van der Waals surface area contributed by atoms with Crippen LogP contribution in [0.3, 0.4) is 0 Å². The summed E-state index contributed by atoms with van der Waals surface area (Å²) >= 11 is 3.27. The summed E-state index contributed by atoms with van der Waals surface area (Å²) < 4.78 is 12.1. The van der Waals surface area contributed by atoms with Crippen LogP contribution >= 0.6 is 23.1 Å². The number of aromatic nitrogens is 3. The van der Waals surface area contributed by atoms with Crippen molar-refractivity contribution in [3.8, 4) is 0 Å². The number of carbonyl (C=O) groups excluding carboxylic acids is 1. The molecular formula is C15H15N3O3S2. The van der Waals surface area contributed by atoms with E-state index in [0.717, 1.165) is 18.1 Å². The van der Waals surface area contributed by atoms with Gasteiger partial charge in [-0.25, -0.2) is 4.79 Å². The van der Waals surface area contributed by atoms with E-state index in [1.165, 1.54) is 23.7 Å². The molecular weight excluding hydrogens is 334 g/mol. The van der Waals surface area contributed by atoms with Crippen molar-refractivity contribution in [3.63, 3.8) is 0 Å². The van der Waals surface area contributed by atoms with E-state index in [9.17, 15) is 4.79 Å². The molecule has 0 bridgehead atoms. The van der Waals surface area contributed by atoms with Crippen LogP contribution in [0.1, 0.15) is 21.2 Å². The van der Waals surface area contributed by atoms with Gasteiger partial charge in [0.25, 0.3) is 0 Å². The molecule has 0 aliphatic carbocycles. The largest absolute Gasteiger partial charge is 0.463 e. The third-order valence-corrected chi connectivity index (χ3v) is 5.09. The Morgan fingerprint density at radius 3 is 3.13 bits per heavy atom. The molecule has 0 amide bonds. The number of nitrogens with zero attached hydrogens (tertiary/aromatic N) is 3. The predicted molar refractivity (Wildman–Crippen MR) is 87.7 cm³/mol. The van der Waals surface area contributed by atoms with Gasteiger partial charge in [0.15, 0.2) is 5.16 Å². The van der Waals surface area contributed by atoms with Crippen LogP contribution in [-0.2, 0) is 23.5 Å². The maximum atomic E-state index is 11.4. The number of furan rings is 1. The Labute approximate surface area is 141 Å². The van der Waals surface area contributed by atoms with Gasteiger partial charge in [-0.2, -0.15) is 0 Å². The molecule has 0 N–H and O–H groups in total. The number of thiophene rings is 1. The standard InChI is InChI=1S/C15H15N3O3S2/c1-20-14(19)13-5-4-11(21-13)9-23-15-17-16-10-18(15)7-6-12-3-2-8-22-12/h2-5,8,10H,6-7,9H2,1H3. The quantitative estimate of drug-likeness (QED) is 0.482. The Bertz CT molecular complexity index is 765. The van der Waals surface area contributed by atoms with Crippen LogP contribution in [0.2, 0.25) is 0 Å². The summed E-state index contributed by atoms with van der Waals surface area (Å²) in [5, 5.41) is 11.0. The molecule has 120 valence electrons. The van der Waals surface area contributed by atoms with E-state index >= 15 is 0 Å². The van der Waals surface area contributed by atoms with Gasteiger partial charge in [-0.1, -0.05) is 17.8 Å². The van der Waals surface area contributed by atoms with Crippen LogP contribution in [0, 0.1) is 0 Å². The highest BCUT2D eigenvalue weighted by molar-refractivity contribution is 7.98. The molecule has 3 heterocycles. The number of aryl methyl sites for hydroxylation is 2. The molecule has 0 aromatic carbocycles. The molecule has 0 fully saturated rings. The van der Waals surface area contributed by atoms with Crippen molar-refractivity contribution in [1.29, 1.82) is 0 Å². The summed E-state index contributed by atoms with van der Waals surface area (Å²) in [5.41, 5.74) is 0. The number of esters is 1. The second-order valence-electron chi connectivity index (χ2n) is 4.68. The van der Waals surface area contributed by atoms with Gasteiger partial charge in [0.05, 0.1) is 12.9 Å². The smallest absolute Gasteiger partial charge is 0.373 e. The summed E-state index contributed by atoms with van der Waals surface area (Å²) in [6, 6.07) is 7.56. The number of ether oxygens (including phenoxy) is 1. The topological polar surface area (TPSA) is 70.2 Å². The molecule has 0 spiro atoms. The first-order valence-corrected chi connectivity index (χ1v) is 8.83. The van der Waals surface area contributed by atoms with Gasteiger partial charge in [0, 0.05) is 11.4 Å². The third kappa shape index (κ3) is 4.02. The number of hydrogen-bond donors (Lipinski definition) is 0. The van der Waals surface area contributed by atoms with Crippen molar-refractivity contribution in [2.75, 3.05) is 7.11 Å². The molecule has 3 rings (SSSR count). The molecule has 23 heavy (non-hydrogen) atoms. The number of rotatable bonds is 7. The van der Waals surface area contributed by atoms with Crippen LogP contribution in [-0.4, -0.2) is 27.8 Å². The second kappa shape index (κ2) is 7.47. The Kier molecular flexibility index (Phi) is 5.14. The zero-order valence-corrected chi connectivity index (χ0v) is 14.1. The van der Waals surface area contributed by atoms with E-state index in [1.54, 1.807) is 29.8 Å². The lowest BCUT2D eigenvalue weighted by Gasteiger charge is -2.04. The van der Waals surface area contributed by atoms with E-state index in [0.29, 0.717) is 11.5 Å². The summed E-state index contributed by atoms with van der Waals surface area (Å²) in [6.07, 6.45) is 2.69. The second-order valence-corrected chi connectivity index (χ2v) is 6.66. The number of carbonyl (C=O) groups is 1. The molecule has 0 unspecified atom stereocenters. The van der Waals surface area contributed by atoms with Crippen molar-refractivity contribution >= 4 is 29.1 Å². The SMILES string of the molecule is COC(=O)c1ccc(CSc2nncn2CCc2cccs2)o1. The molecule has 0 radical (unpaired) electrons. The molecule has 6 nitrogen and oxygen atoms in total. The Morgan fingerprint density at radius 2 is 2.35 bits per heavy atom. The van der Waals surface area contributed by atoms with Crippen molar-refractivity contribution in [2.24, 2.45) is 0 Å². The lowest BCUT2D eigenvalue weighted by molar-refractivity contribution is 0.0563. The van der Waals surface area contributed by atoms with Gasteiger partial charge in [-0.15, -0.1) is 21.5 Å². The fourth-order valence-electron chi connectivity index (χ4n) is 2.00. The molecule has 0 atom stereocenters. The highest BCUT2D eigenvalue weighted by Gasteiger charge is 2.12. The summed E-state index contributed by atoms with van der Waals surface area (Å²) in [4.78, 5) is 12.7. The van der Waals surface area contributed by atoms with Gasteiger partial charge in [-0.05, 0) is 30.0 Å². The van der Waals surface area contributed by atoms with E-state index in [-0.39, 0.29) is 5.76 Å². The molecule has 0 aliphatic heterocycles. The number of thioether (sulfide) groups is 1. The average Bonchev–Trinajstić information content (AvgIpc) is 3.31. The van der Waals surface area contributed by atoms with Gasteiger partial charge >= 0.3 is 5.97 Å². The fraction of sp³-hybridized carbons (Fsp3) is 0.267. The van der Waals surface area contributed by atoms with Gasteiger partial charge in [-0.3, -0.25) is 0 Å². The molecule has 3 aromatic rings. The lowest BCUT2D eigenvalue weighted by Crippen LogP contribution is -2.01. The molecule has 8 heteroatoms. The average molecular weight is 349 g/mol. The molecule has 0 aliphatic rings. The first-order valence-electron chi connectivity index (χ1n) is 6.96. The monoisotopic (exact) mass is 349 g/mol. The van der Waals surface area contributed by atoms with E-state index in [2.05, 4.69) is 32.4 Å². The summed E-state index contributed by atoms with van der Waals surface area (Å²) in [7, 11) is 1.33. The minimum absolute atomic E-state index is 0.210. The van der Waals surface area contributed by atoms with Gasteiger partial charge in [0.2, 0.25) is 5.76 Å². The first kappa shape index (κ1) is 15.8. The van der Waals surface area contributed by atoms with Gasteiger partial charge < -0.3 is 13.7 Å².